The number of halogens is 1. The van der Waals surface area contributed by atoms with E-state index in [2.05, 4.69) is 17.6 Å². The highest BCUT2D eigenvalue weighted by Crippen LogP contribution is 2.22. The number of rotatable bonds is 9. The normalized spacial score (nSPS) is 15.7. The smallest absolute Gasteiger partial charge is 0.251 e. The minimum Gasteiger partial charge on any atom is -0.348 e. The number of unbranched alkanes of at least 4 members (excludes halogenated alkanes) is 1. The quantitative estimate of drug-likeness (QED) is 0.554. The van der Waals surface area contributed by atoms with Gasteiger partial charge < -0.3 is 10.6 Å². The number of carbonyl (C=O) groups excluding carboxylic acids is 1. The van der Waals surface area contributed by atoms with E-state index in [9.17, 15) is 13.2 Å². The molecule has 168 valence electrons. The molecule has 0 atom stereocenters. The summed E-state index contributed by atoms with van der Waals surface area (Å²) in [6.07, 6.45) is 3.93. The van der Waals surface area contributed by atoms with Crippen molar-refractivity contribution >= 4 is 27.5 Å². The molecule has 2 aromatic carbocycles. The Morgan fingerprint density at radius 1 is 1.13 bits per heavy atom. The van der Waals surface area contributed by atoms with Crippen LogP contribution in [-0.2, 0) is 16.6 Å². The van der Waals surface area contributed by atoms with Gasteiger partial charge in [0, 0.05) is 36.3 Å². The fourth-order valence-electron chi connectivity index (χ4n) is 3.63. The molecule has 31 heavy (non-hydrogen) atoms. The highest BCUT2D eigenvalue weighted by Gasteiger charge is 2.29. The molecule has 6 nitrogen and oxygen atoms in total. The molecular weight excluding hydrogens is 434 g/mol. The first-order valence-electron chi connectivity index (χ1n) is 10.8. The average molecular weight is 464 g/mol. The number of piperidine rings is 1. The lowest BCUT2D eigenvalue weighted by atomic mass is 10.1. The van der Waals surface area contributed by atoms with Crippen LogP contribution in [0.4, 0.5) is 0 Å². The van der Waals surface area contributed by atoms with E-state index in [1.807, 2.05) is 6.07 Å². The second-order valence-corrected chi connectivity index (χ2v) is 10.2. The molecule has 1 aliphatic heterocycles. The van der Waals surface area contributed by atoms with Gasteiger partial charge in [-0.2, -0.15) is 4.31 Å². The molecule has 8 heteroatoms. The van der Waals surface area contributed by atoms with Gasteiger partial charge in [0.25, 0.3) is 5.91 Å². The van der Waals surface area contributed by atoms with E-state index in [1.54, 1.807) is 46.8 Å². The first kappa shape index (κ1) is 23.7. The van der Waals surface area contributed by atoms with Crippen LogP contribution in [-0.4, -0.2) is 44.3 Å². The Balaban J connectivity index is 1.58. The van der Waals surface area contributed by atoms with Crippen LogP contribution in [0.5, 0.6) is 0 Å². The Morgan fingerprint density at radius 2 is 1.84 bits per heavy atom. The van der Waals surface area contributed by atoms with Crippen molar-refractivity contribution in [2.75, 3.05) is 19.6 Å². The van der Waals surface area contributed by atoms with Gasteiger partial charge in [-0.25, -0.2) is 8.42 Å². The van der Waals surface area contributed by atoms with Gasteiger partial charge in [0.1, 0.15) is 0 Å². The van der Waals surface area contributed by atoms with Crippen LogP contribution in [0.1, 0.15) is 48.5 Å². The summed E-state index contributed by atoms with van der Waals surface area (Å²) in [6.45, 7) is 4.42. The molecule has 0 unspecified atom stereocenters. The second-order valence-electron chi connectivity index (χ2n) is 7.82. The second kappa shape index (κ2) is 11.1. The number of sulfonamides is 1. The molecule has 3 rings (SSSR count). The summed E-state index contributed by atoms with van der Waals surface area (Å²) in [4.78, 5) is 12.6. The lowest BCUT2D eigenvalue weighted by Crippen LogP contribution is -2.45. The van der Waals surface area contributed by atoms with Crippen molar-refractivity contribution in [1.29, 1.82) is 0 Å². The summed E-state index contributed by atoms with van der Waals surface area (Å²) < 4.78 is 27.8. The highest BCUT2D eigenvalue weighted by atomic mass is 35.5. The Hall–Kier alpha value is -1.93. The third-order valence-corrected chi connectivity index (χ3v) is 7.66. The van der Waals surface area contributed by atoms with Crippen molar-refractivity contribution in [2.24, 2.45) is 0 Å². The molecule has 2 aromatic rings. The topological polar surface area (TPSA) is 78.5 Å². The molecule has 0 saturated carbocycles. The summed E-state index contributed by atoms with van der Waals surface area (Å²) in [7, 11) is -3.55. The van der Waals surface area contributed by atoms with E-state index in [-0.39, 0.29) is 17.3 Å². The zero-order chi connectivity index (χ0) is 22.3. The molecule has 0 radical (unpaired) electrons. The lowest BCUT2D eigenvalue weighted by Gasteiger charge is -2.31. The van der Waals surface area contributed by atoms with Crippen LogP contribution >= 0.6 is 11.6 Å². The molecular formula is C23H30ClN3O3S. The third-order valence-electron chi connectivity index (χ3n) is 5.51. The van der Waals surface area contributed by atoms with E-state index in [0.717, 1.165) is 37.8 Å². The fourth-order valence-corrected chi connectivity index (χ4v) is 5.30. The molecule has 1 fully saturated rings. The van der Waals surface area contributed by atoms with Gasteiger partial charge >= 0.3 is 0 Å². The summed E-state index contributed by atoms with van der Waals surface area (Å²) in [5, 5.41) is 6.91. The fraction of sp³-hybridized carbons (Fsp3) is 0.435. The van der Waals surface area contributed by atoms with E-state index in [0.29, 0.717) is 29.7 Å². The van der Waals surface area contributed by atoms with Crippen molar-refractivity contribution in [3.63, 3.8) is 0 Å². The number of nitrogens with zero attached hydrogens (tertiary/aromatic N) is 1. The molecule has 1 saturated heterocycles. The molecule has 1 aliphatic rings. The van der Waals surface area contributed by atoms with Crippen molar-refractivity contribution in [2.45, 2.75) is 50.1 Å². The zero-order valence-corrected chi connectivity index (χ0v) is 19.4. The van der Waals surface area contributed by atoms with Gasteiger partial charge in [-0.05, 0) is 67.8 Å². The Labute approximate surface area is 190 Å². The summed E-state index contributed by atoms with van der Waals surface area (Å²) in [6, 6.07) is 13.8. The van der Waals surface area contributed by atoms with Gasteiger partial charge in [0.2, 0.25) is 10.0 Å². The number of hydrogen-bond acceptors (Lipinski definition) is 4. The first-order valence-corrected chi connectivity index (χ1v) is 12.6. The van der Waals surface area contributed by atoms with Gasteiger partial charge in [0.15, 0.2) is 0 Å². The summed E-state index contributed by atoms with van der Waals surface area (Å²) in [5.41, 5.74) is 1.24. The maximum absolute atomic E-state index is 13.1. The highest BCUT2D eigenvalue weighted by molar-refractivity contribution is 7.89. The Morgan fingerprint density at radius 3 is 2.52 bits per heavy atom. The van der Waals surface area contributed by atoms with Gasteiger partial charge in [0.05, 0.1) is 4.90 Å². The third kappa shape index (κ3) is 6.53. The van der Waals surface area contributed by atoms with Crippen LogP contribution in [0.15, 0.2) is 53.4 Å². The van der Waals surface area contributed by atoms with E-state index in [4.69, 9.17) is 11.6 Å². The first-order chi connectivity index (χ1) is 14.9. The van der Waals surface area contributed by atoms with E-state index in [1.165, 1.54) is 0 Å². The molecule has 0 bridgehead atoms. The molecule has 2 N–H and O–H groups in total. The van der Waals surface area contributed by atoms with Crippen LogP contribution in [0.25, 0.3) is 0 Å². The van der Waals surface area contributed by atoms with Gasteiger partial charge in [-0.3, -0.25) is 4.79 Å². The average Bonchev–Trinajstić information content (AvgIpc) is 2.79. The van der Waals surface area contributed by atoms with Crippen molar-refractivity contribution in [1.82, 2.24) is 14.9 Å². The largest absolute Gasteiger partial charge is 0.348 e. The molecule has 0 aliphatic carbocycles. The SMILES string of the molecule is CCCCNC1CCN(S(=O)(=O)c2cccc(CNC(=O)c3ccc(Cl)cc3)c2)CC1. The number of nitrogens with one attached hydrogen (secondary N) is 2. The molecule has 0 spiro atoms. The Kier molecular flexibility index (Phi) is 8.49. The maximum atomic E-state index is 13.1. The van der Waals surface area contributed by atoms with Crippen molar-refractivity contribution < 1.29 is 13.2 Å². The van der Waals surface area contributed by atoms with Crippen molar-refractivity contribution in [3.8, 4) is 0 Å². The Bertz CT molecular complexity index is 972. The van der Waals surface area contributed by atoms with Gasteiger partial charge in [-0.15, -0.1) is 0 Å². The predicted octanol–water partition coefficient (Wildman–Crippen LogP) is 3.81. The monoisotopic (exact) mass is 463 g/mol. The molecule has 1 amide bonds. The predicted molar refractivity (Wildman–Crippen MR) is 124 cm³/mol. The standard InChI is InChI=1S/C23H30ClN3O3S/c1-2-3-13-25-21-11-14-27(15-12-21)31(29,30)22-6-4-5-18(16-22)17-26-23(28)19-7-9-20(24)10-8-19/h4-10,16,21,25H,2-3,11-15,17H2,1H3,(H,26,28). The van der Waals surface area contributed by atoms with Crippen LogP contribution < -0.4 is 10.6 Å². The van der Waals surface area contributed by atoms with Crippen LogP contribution in [0, 0.1) is 0 Å². The summed E-state index contributed by atoms with van der Waals surface area (Å²) >= 11 is 5.85. The minimum atomic E-state index is -3.55. The maximum Gasteiger partial charge on any atom is 0.251 e. The number of hydrogen-bond donors (Lipinski definition) is 2. The van der Waals surface area contributed by atoms with Crippen molar-refractivity contribution in [3.05, 3.63) is 64.7 Å². The van der Waals surface area contributed by atoms with Gasteiger partial charge in [-0.1, -0.05) is 37.1 Å². The number of amides is 1. The number of benzene rings is 2. The van der Waals surface area contributed by atoms with E-state index >= 15 is 0 Å². The summed E-state index contributed by atoms with van der Waals surface area (Å²) in [5.74, 6) is -0.234. The number of carbonyl (C=O) groups is 1. The molecule has 0 aromatic heterocycles. The van der Waals surface area contributed by atoms with E-state index < -0.39 is 10.0 Å². The molecule has 1 heterocycles. The van der Waals surface area contributed by atoms with Crippen LogP contribution in [0.2, 0.25) is 5.02 Å². The minimum absolute atomic E-state index is 0.234. The van der Waals surface area contributed by atoms with Crippen LogP contribution in [0.3, 0.4) is 0 Å². The zero-order valence-electron chi connectivity index (χ0n) is 17.8. The lowest BCUT2D eigenvalue weighted by molar-refractivity contribution is 0.0951.